The third kappa shape index (κ3) is 24.7. The number of hydrogen-bond acceptors (Lipinski definition) is 25. The van der Waals surface area contributed by atoms with E-state index in [4.69, 9.17) is 72.8 Å². The maximum atomic E-state index is 13.1. The molecule has 13 rings (SSSR count). The number of nitrogens with zero attached hydrogens (tertiary/aromatic N) is 1. The van der Waals surface area contributed by atoms with Gasteiger partial charge in [0.15, 0.2) is 35.1 Å². The molecule has 0 radical (unpaired) electrons. The number of carbonyl (C=O) groups is 9. The Labute approximate surface area is 717 Å². The Hall–Kier alpha value is -12.3. The first kappa shape index (κ1) is 92.0. The lowest BCUT2D eigenvalue weighted by atomic mass is 10.0. The lowest BCUT2D eigenvalue weighted by Gasteiger charge is -2.23. The van der Waals surface area contributed by atoms with Crippen molar-refractivity contribution in [1.82, 2.24) is 4.98 Å². The van der Waals surface area contributed by atoms with E-state index in [1.54, 1.807) is 110 Å². The molecule has 0 saturated carbocycles. The minimum atomic E-state index is -1.01. The molecule has 1 unspecified atom stereocenters. The highest BCUT2D eigenvalue weighted by Crippen LogP contribution is 2.41. The first-order valence-corrected chi connectivity index (χ1v) is 42.1. The van der Waals surface area contributed by atoms with Crippen LogP contribution in [0.25, 0.3) is 54.9 Å². The third-order valence-electron chi connectivity index (χ3n) is 18.8. The number of aliphatic carboxylic acids is 1. The second-order valence-corrected chi connectivity index (χ2v) is 30.5. The van der Waals surface area contributed by atoms with Gasteiger partial charge in [0.1, 0.15) is 40.6 Å². The first-order valence-electron chi connectivity index (χ1n) is 39.6. The van der Waals surface area contributed by atoms with Crippen molar-refractivity contribution in [3.05, 3.63) is 218 Å². The molecule has 0 bridgehead atoms. The largest absolute Gasteiger partial charge is 0.493 e. The number of rotatable bonds is 32. The molecule has 1 atom stereocenters. The summed E-state index contributed by atoms with van der Waals surface area (Å²) in [6.45, 7) is 14.1. The number of carboxylic acids is 1. The number of aromatic nitrogens is 1. The van der Waals surface area contributed by atoms with Crippen LogP contribution in [0.15, 0.2) is 174 Å². The summed E-state index contributed by atoms with van der Waals surface area (Å²) in [7, 11) is 4.25. The summed E-state index contributed by atoms with van der Waals surface area (Å²) in [5, 5.41) is 31.5. The van der Waals surface area contributed by atoms with Gasteiger partial charge in [-0.15, -0.1) is 11.8 Å². The fourth-order valence-electron chi connectivity index (χ4n) is 13.2. The molecule has 12 aromatic rings. The van der Waals surface area contributed by atoms with Crippen molar-refractivity contribution >= 4 is 143 Å². The smallest absolute Gasteiger partial charge is 0.397 e. The second kappa shape index (κ2) is 44.3. The highest BCUT2D eigenvalue weighted by molar-refractivity contribution is 7.98. The Balaban J connectivity index is 0.000000171. The number of esters is 3. The molecule has 6 heterocycles. The normalized spacial score (nSPS) is 12.3. The SMILES string of the molecule is CCCc1cc2cc(OCCO)c(OC)cc2c(-c2cc(OC(C)C)cc(OC(C)C)c2)n1.CCOC(=O)C(=O)Nc1ccc2c(CCC(=O)OC)c(C(=O)c3ccc(Cl)cc3)oc2c1.COC(=O)CCc1c(C(=O)c2ccsc2)oc2cc(OC3CCCCO3)ccc12.CSc1ccc(C(=O)c2oc3cc(NC(C)=O)ccc3c2CCC(=O)O)cc1. The summed E-state index contributed by atoms with van der Waals surface area (Å²) in [5.41, 5.74) is 8.08. The van der Waals surface area contributed by atoms with Crippen LogP contribution in [-0.4, -0.2) is 141 Å². The van der Waals surface area contributed by atoms with Crippen LogP contribution in [0.2, 0.25) is 5.02 Å². The topological polar surface area (TPSA) is 354 Å². The standard InChI is InChI=1S/C27H35NO5.C23H20ClNO7.C22H22O6S.C21H19NO5S/c1-7-8-21-11-19-14-26(31-10-9-29)25(30-6)16-24(19)27(28-21)20-12-22(32-17(2)3)15-23(13-20)33-18(4)5;1-3-31-23(29)22(28)25-15-8-9-16-17(10-11-19(26)30-2)21(32-18(16)12-15)20(27)13-4-6-14(24)7-5-13;1-25-19(23)8-7-17-16-6-5-15(27-20-4-2-3-10-26-20)12-18(16)28-22(17)21(24)14-9-11-29-13-14;1-12(23)22-14-5-8-16-17(9-10-19(24)25)21(27-18(16)11-14)20(26)13-3-6-15(28-2)7-4-13/h11-18,29H,7-10H2,1-6H3;4-9,12H,3,10-11H2,1-2H3,(H,25,28);5-6,9,11-13,20H,2-4,7-8,10H2,1H3;3-8,11H,9-10H2,1-2H3,(H,22,23)(H,24,25). The third-order valence-corrected chi connectivity index (χ3v) is 20.5. The molecule has 26 nitrogen and oxygen atoms in total. The van der Waals surface area contributed by atoms with Crippen molar-refractivity contribution in [3.8, 4) is 40.0 Å². The number of anilines is 2. The molecular weight excluding hydrogens is 1630 g/mol. The van der Waals surface area contributed by atoms with Gasteiger partial charge in [-0.3, -0.25) is 43.3 Å². The number of carboxylic acid groups (broad SMARTS) is 1. The zero-order valence-corrected chi connectivity index (χ0v) is 71.8. The maximum Gasteiger partial charge on any atom is 0.397 e. The Morgan fingerprint density at radius 1 is 0.598 bits per heavy atom. The monoisotopic (exact) mass is 1720 g/mol. The van der Waals surface area contributed by atoms with Gasteiger partial charge in [0.05, 0.1) is 59.1 Å². The van der Waals surface area contributed by atoms with Crippen LogP contribution >= 0.6 is 34.7 Å². The Morgan fingerprint density at radius 3 is 1.64 bits per heavy atom. The van der Waals surface area contributed by atoms with E-state index in [1.165, 1.54) is 38.5 Å². The molecule has 1 saturated heterocycles. The maximum absolute atomic E-state index is 13.1. The van der Waals surface area contributed by atoms with Crippen molar-refractivity contribution in [2.75, 3.05) is 64.6 Å². The van der Waals surface area contributed by atoms with Crippen molar-refractivity contribution in [1.29, 1.82) is 0 Å². The number of halogens is 1. The minimum Gasteiger partial charge on any atom is -0.493 e. The summed E-state index contributed by atoms with van der Waals surface area (Å²) in [4.78, 5) is 114. The number of methoxy groups -OCH3 is 3. The predicted octanol–water partition coefficient (Wildman–Crippen LogP) is 18.8. The van der Waals surface area contributed by atoms with Gasteiger partial charge in [-0.2, -0.15) is 11.3 Å². The lowest BCUT2D eigenvalue weighted by molar-refractivity contribution is -0.152. The van der Waals surface area contributed by atoms with Gasteiger partial charge in [-0.25, -0.2) is 4.79 Å². The van der Waals surface area contributed by atoms with E-state index in [9.17, 15) is 48.3 Å². The summed E-state index contributed by atoms with van der Waals surface area (Å²) < 4.78 is 66.7. The Bertz CT molecular complexity index is 5680. The number of pyridine rings is 1. The fraction of sp³-hybridized carbons (Fsp3) is 0.312. The molecule has 122 heavy (non-hydrogen) atoms. The van der Waals surface area contributed by atoms with Gasteiger partial charge in [0.25, 0.3) is 0 Å². The average molecular weight is 1720 g/mol. The lowest BCUT2D eigenvalue weighted by Crippen LogP contribution is -2.24. The average Bonchev–Trinajstić information content (AvgIpc) is 1.35. The van der Waals surface area contributed by atoms with Crippen molar-refractivity contribution in [2.45, 2.75) is 142 Å². The number of thiophene rings is 1. The zero-order chi connectivity index (χ0) is 87.7. The number of aliphatic hydroxyl groups is 1. The van der Waals surface area contributed by atoms with E-state index in [1.807, 2.05) is 93.9 Å². The van der Waals surface area contributed by atoms with Gasteiger partial charge in [0.2, 0.25) is 23.3 Å². The van der Waals surface area contributed by atoms with Crippen LogP contribution < -0.4 is 34.3 Å². The molecule has 29 heteroatoms. The number of thioether (sulfide) groups is 1. The second-order valence-electron chi connectivity index (χ2n) is 28.4. The molecule has 1 aliphatic rings. The number of amides is 2. The van der Waals surface area contributed by atoms with Gasteiger partial charge >= 0.3 is 29.8 Å². The number of ketones is 3. The van der Waals surface area contributed by atoms with Crippen LogP contribution in [0.4, 0.5) is 11.4 Å². The van der Waals surface area contributed by atoms with Crippen LogP contribution in [0.5, 0.6) is 28.7 Å². The van der Waals surface area contributed by atoms with Crippen molar-refractivity contribution in [3.63, 3.8) is 0 Å². The number of fused-ring (bicyclic) bond motifs is 4. The number of ether oxygens (including phenoxy) is 9. The molecule has 640 valence electrons. The van der Waals surface area contributed by atoms with E-state index in [2.05, 4.69) is 28.4 Å². The number of carbonyl (C=O) groups excluding carboxylic acids is 8. The number of nitrogens with one attached hydrogen (secondary N) is 2. The highest BCUT2D eigenvalue weighted by Gasteiger charge is 2.29. The molecule has 0 aliphatic carbocycles. The van der Waals surface area contributed by atoms with Crippen molar-refractivity contribution in [2.24, 2.45) is 0 Å². The van der Waals surface area contributed by atoms with E-state index >= 15 is 0 Å². The Kier molecular flexibility index (Phi) is 33.4. The Morgan fingerprint density at radius 2 is 1.15 bits per heavy atom. The summed E-state index contributed by atoms with van der Waals surface area (Å²) in [6.07, 6.45) is 7.43. The minimum absolute atomic E-state index is 0.0367. The van der Waals surface area contributed by atoms with Crippen LogP contribution in [0, 0.1) is 0 Å². The van der Waals surface area contributed by atoms with Crippen molar-refractivity contribution < 1.29 is 109 Å². The number of aliphatic hydroxyl groups excluding tert-OH is 1. The quantitative estimate of drug-likeness (QED) is 0.01000. The van der Waals surface area contributed by atoms with Gasteiger partial charge in [-0.1, -0.05) is 24.9 Å². The van der Waals surface area contributed by atoms with Gasteiger partial charge in [-0.05, 0) is 211 Å². The number of aryl methyl sites for hydroxylation is 4. The molecule has 4 N–H and O–H groups in total. The van der Waals surface area contributed by atoms with E-state index in [0.717, 1.165) is 81.6 Å². The van der Waals surface area contributed by atoms with E-state index in [-0.39, 0.29) is 123 Å². The number of hydrogen-bond donors (Lipinski definition) is 4. The van der Waals surface area contributed by atoms with Gasteiger partial charge < -0.3 is 76.7 Å². The van der Waals surface area contributed by atoms with Crippen LogP contribution in [-0.2, 0) is 73.4 Å². The van der Waals surface area contributed by atoms with Crippen LogP contribution in [0.3, 0.4) is 0 Å². The molecule has 1 fully saturated rings. The molecular formula is C93H96ClN3O23S2. The summed E-state index contributed by atoms with van der Waals surface area (Å²) >= 11 is 8.93. The van der Waals surface area contributed by atoms with E-state index in [0.29, 0.717) is 102 Å². The zero-order valence-electron chi connectivity index (χ0n) is 69.5. The number of benzene rings is 7. The molecule has 1 aliphatic heterocycles. The number of furan rings is 3. The predicted molar refractivity (Wildman–Crippen MR) is 465 cm³/mol. The van der Waals surface area contributed by atoms with E-state index < -0.39 is 23.8 Å². The van der Waals surface area contributed by atoms with Gasteiger partial charge in [0, 0.05) is 150 Å². The highest BCUT2D eigenvalue weighted by atomic mass is 35.5. The first-order chi connectivity index (χ1) is 58.7. The van der Waals surface area contributed by atoms with Crippen LogP contribution in [0.1, 0.15) is 164 Å². The molecule has 0 spiro atoms. The summed E-state index contributed by atoms with van der Waals surface area (Å²) in [6, 6.07) is 42.4. The molecule has 2 amide bonds. The fourth-order valence-corrected chi connectivity index (χ4v) is 14.4. The molecule has 5 aromatic heterocycles. The molecule has 7 aromatic carbocycles. The summed E-state index contributed by atoms with van der Waals surface area (Å²) in [5.74, 6) is -0.984.